The van der Waals surface area contributed by atoms with E-state index < -0.39 is 0 Å². The van der Waals surface area contributed by atoms with Crippen LogP contribution >= 0.6 is 0 Å². The summed E-state index contributed by atoms with van der Waals surface area (Å²) >= 11 is 0. The summed E-state index contributed by atoms with van der Waals surface area (Å²) in [6, 6.07) is 35.9. The first kappa shape index (κ1) is 29.8. The molecule has 1 aliphatic rings. The second-order valence-corrected chi connectivity index (χ2v) is 11.0. The maximum Gasteiger partial charge on any atom is 0.323 e. The molecule has 4 aromatic carbocycles. The lowest BCUT2D eigenvalue weighted by Crippen LogP contribution is -2.48. The molecule has 8 heteroatoms. The number of likely N-dealkylation sites (N-methyl/N-ethyl adjacent to an activating group) is 1. The van der Waals surface area contributed by atoms with Gasteiger partial charge in [-0.25, -0.2) is 4.79 Å². The summed E-state index contributed by atoms with van der Waals surface area (Å²) in [5.41, 5.74) is 5.23. The SMILES string of the molecule is CN(C)CCNC(=O)c1ccc(N2CCN(C(c3ccccc3)c3ccccc3)CC2)c(NC(=O)Nc2ccccc2)c1. The number of carbonyl (C=O) groups excluding carboxylic acids is 2. The maximum absolute atomic E-state index is 13.0. The van der Waals surface area contributed by atoms with Crippen molar-refractivity contribution in [1.29, 1.82) is 0 Å². The molecule has 0 aliphatic carbocycles. The Labute approximate surface area is 254 Å². The average molecular weight is 577 g/mol. The van der Waals surface area contributed by atoms with Gasteiger partial charge in [-0.1, -0.05) is 78.9 Å². The molecule has 3 amide bonds. The third-order valence-electron chi connectivity index (χ3n) is 7.63. The number of nitrogens with zero attached hydrogens (tertiary/aromatic N) is 3. The summed E-state index contributed by atoms with van der Waals surface area (Å²) in [5.74, 6) is -0.168. The van der Waals surface area contributed by atoms with Crippen molar-refractivity contribution >= 4 is 29.0 Å². The molecule has 4 aromatic rings. The summed E-state index contributed by atoms with van der Waals surface area (Å²) in [7, 11) is 3.94. The third-order valence-corrected chi connectivity index (χ3v) is 7.63. The lowest BCUT2D eigenvalue weighted by atomic mass is 9.96. The molecular formula is C35H40N6O2. The number of amides is 3. The van der Waals surface area contributed by atoms with Gasteiger partial charge in [0.1, 0.15) is 0 Å². The normalized spacial score (nSPS) is 13.6. The van der Waals surface area contributed by atoms with Gasteiger partial charge in [-0.3, -0.25) is 9.69 Å². The Morgan fingerprint density at radius 2 is 1.33 bits per heavy atom. The van der Waals surface area contributed by atoms with Crippen LogP contribution in [0.3, 0.4) is 0 Å². The topological polar surface area (TPSA) is 80.0 Å². The maximum atomic E-state index is 13.0. The van der Waals surface area contributed by atoms with Gasteiger partial charge in [0.15, 0.2) is 0 Å². The zero-order valence-electron chi connectivity index (χ0n) is 24.9. The molecule has 1 heterocycles. The Bertz CT molecular complexity index is 1430. The molecule has 0 radical (unpaired) electrons. The minimum absolute atomic E-state index is 0.159. The molecule has 3 N–H and O–H groups in total. The summed E-state index contributed by atoms with van der Waals surface area (Å²) < 4.78 is 0. The van der Waals surface area contributed by atoms with Crippen molar-refractivity contribution in [2.45, 2.75) is 6.04 Å². The number of nitrogens with one attached hydrogen (secondary N) is 3. The first-order chi connectivity index (χ1) is 21.0. The van der Waals surface area contributed by atoms with Gasteiger partial charge in [0.05, 0.1) is 17.4 Å². The molecule has 5 rings (SSSR count). The van der Waals surface area contributed by atoms with Crippen LogP contribution in [0.1, 0.15) is 27.5 Å². The van der Waals surface area contributed by atoms with Crippen molar-refractivity contribution in [3.63, 3.8) is 0 Å². The van der Waals surface area contributed by atoms with Crippen molar-refractivity contribution in [1.82, 2.24) is 15.1 Å². The van der Waals surface area contributed by atoms with Crippen LogP contribution in [0.15, 0.2) is 109 Å². The van der Waals surface area contributed by atoms with Crippen molar-refractivity contribution in [3.8, 4) is 0 Å². The fourth-order valence-corrected chi connectivity index (χ4v) is 5.46. The van der Waals surface area contributed by atoms with Gasteiger partial charge in [-0.15, -0.1) is 0 Å². The van der Waals surface area contributed by atoms with Gasteiger partial charge in [0, 0.05) is 50.5 Å². The fraction of sp³-hybridized carbons (Fsp3) is 0.257. The number of hydrogen-bond acceptors (Lipinski definition) is 5. The number of para-hydroxylation sites is 1. The number of benzene rings is 4. The number of urea groups is 1. The molecule has 0 spiro atoms. The van der Waals surface area contributed by atoms with Crippen LogP contribution in [0.5, 0.6) is 0 Å². The lowest BCUT2D eigenvalue weighted by Gasteiger charge is -2.41. The monoisotopic (exact) mass is 576 g/mol. The zero-order chi connectivity index (χ0) is 30.0. The highest BCUT2D eigenvalue weighted by molar-refractivity contribution is 6.04. The lowest BCUT2D eigenvalue weighted by molar-refractivity contribution is 0.0951. The molecule has 43 heavy (non-hydrogen) atoms. The number of rotatable bonds is 10. The first-order valence-electron chi connectivity index (χ1n) is 14.8. The van der Waals surface area contributed by atoms with Crippen LogP contribution in [0.4, 0.5) is 21.9 Å². The molecule has 0 unspecified atom stereocenters. The Kier molecular flexibility index (Phi) is 10.0. The molecule has 1 saturated heterocycles. The van der Waals surface area contributed by atoms with Crippen LogP contribution in [0.2, 0.25) is 0 Å². The van der Waals surface area contributed by atoms with Crippen LogP contribution in [-0.2, 0) is 0 Å². The van der Waals surface area contributed by atoms with Gasteiger partial charge >= 0.3 is 6.03 Å². The second-order valence-electron chi connectivity index (χ2n) is 11.0. The van der Waals surface area contributed by atoms with Crippen molar-refractivity contribution in [2.24, 2.45) is 0 Å². The molecular weight excluding hydrogens is 536 g/mol. The predicted molar refractivity (Wildman–Crippen MR) is 175 cm³/mol. The van der Waals surface area contributed by atoms with Crippen LogP contribution in [0.25, 0.3) is 0 Å². The molecule has 0 bridgehead atoms. The number of carbonyl (C=O) groups is 2. The molecule has 0 aromatic heterocycles. The van der Waals surface area contributed by atoms with Gasteiger partial charge in [-0.2, -0.15) is 0 Å². The average Bonchev–Trinajstić information content (AvgIpc) is 3.03. The molecule has 1 fully saturated rings. The Balaban J connectivity index is 1.35. The molecule has 0 atom stereocenters. The summed E-state index contributed by atoms with van der Waals surface area (Å²) in [5, 5.41) is 8.88. The van der Waals surface area contributed by atoms with E-state index >= 15 is 0 Å². The van der Waals surface area contributed by atoms with E-state index in [4.69, 9.17) is 0 Å². The molecule has 8 nitrogen and oxygen atoms in total. The molecule has 1 aliphatic heterocycles. The fourth-order valence-electron chi connectivity index (χ4n) is 5.46. The number of anilines is 3. The minimum atomic E-state index is -0.357. The second kappa shape index (κ2) is 14.5. The standard InChI is InChI=1S/C35H40N6O2/c1-39(2)21-20-36-34(42)29-18-19-32(31(26-29)38-35(43)37-30-16-10-5-11-17-30)40-22-24-41(25-23-40)33(27-12-6-3-7-13-27)28-14-8-4-9-15-28/h3-19,26,33H,20-25H2,1-2H3,(H,36,42)(H2,37,38,43). The Morgan fingerprint density at radius 3 is 1.91 bits per heavy atom. The van der Waals surface area contributed by atoms with Gasteiger partial charge in [0.25, 0.3) is 5.91 Å². The Hall–Kier alpha value is -4.66. The van der Waals surface area contributed by atoms with E-state index in [-0.39, 0.29) is 18.0 Å². The van der Waals surface area contributed by atoms with E-state index in [9.17, 15) is 9.59 Å². The van der Waals surface area contributed by atoms with Crippen molar-refractivity contribution in [3.05, 3.63) is 126 Å². The van der Waals surface area contributed by atoms with Gasteiger partial charge < -0.3 is 25.8 Å². The van der Waals surface area contributed by atoms with Crippen LogP contribution in [0, 0.1) is 0 Å². The van der Waals surface area contributed by atoms with Crippen molar-refractivity contribution in [2.75, 3.05) is 68.9 Å². The van der Waals surface area contributed by atoms with E-state index in [0.717, 1.165) is 38.4 Å². The van der Waals surface area contributed by atoms with E-state index in [1.807, 2.05) is 61.5 Å². The van der Waals surface area contributed by atoms with E-state index in [2.05, 4.69) is 86.4 Å². The van der Waals surface area contributed by atoms with E-state index in [1.165, 1.54) is 11.1 Å². The number of piperazine rings is 1. The summed E-state index contributed by atoms with van der Waals surface area (Å²) in [6.07, 6.45) is 0. The number of hydrogen-bond donors (Lipinski definition) is 3. The third kappa shape index (κ3) is 8.00. The van der Waals surface area contributed by atoms with Gasteiger partial charge in [-0.05, 0) is 55.6 Å². The first-order valence-corrected chi connectivity index (χ1v) is 14.8. The quantitative estimate of drug-likeness (QED) is 0.231. The van der Waals surface area contributed by atoms with E-state index in [1.54, 1.807) is 6.07 Å². The summed E-state index contributed by atoms with van der Waals surface area (Å²) in [6.45, 7) is 4.52. The summed E-state index contributed by atoms with van der Waals surface area (Å²) in [4.78, 5) is 32.8. The highest BCUT2D eigenvalue weighted by Gasteiger charge is 2.27. The molecule has 0 saturated carbocycles. The minimum Gasteiger partial charge on any atom is -0.367 e. The van der Waals surface area contributed by atoms with Crippen LogP contribution in [-0.4, -0.2) is 75.1 Å². The Morgan fingerprint density at radius 1 is 0.744 bits per heavy atom. The zero-order valence-corrected chi connectivity index (χ0v) is 24.9. The largest absolute Gasteiger partial charge is 0.367 e. The smallest absolute Gasteiger partial charge is 0.323 e. The predicted octanol–water partition coefficient (Wildman–Crippen LogP) is 5.53. The van der Waals surface area contributed by atoms with Crippen molar-refractivity contribution < 1.29 is 9.59 Å². The highest BCUT2D eigenvalue weighted by Crippen LogP contribution is 2.33. The van der Waals surface area contributed by atoms with Gasteiger partial charge in [0.2, 0.25) is 0 Å². The van der Waals surface area contributed by atoms with Crippen LogP contribution < -0.4 is 20.9 Å². The molecule has 222 valence electrons. The highest BCUT2D eigenvalue weighted by atomic mass is 16.2. The van der Waals surface area contributed by atoms with E-state index in [0.29, 0.717) is 23.5 Å².